The topological polar surface area (TPSA) is 67.2 Å². The predicted octanol–water partition coefficient (Wildman–Crippen LogP) is -0.383. The van der Waals surface area contributed by atoms with Gasteiger partial charge in [-0.05, 0) is 19.9 Å². The Hall–Kier alpha value is -0.870. The molecule has 1 amide bonds. The van der Waals surface area contributed by atoms with Crippen LogP contribution in [0, 0.1) is 0 Å². The molecule has 0 heterocycles. The number of rotatable bonds is 7. The van der Waals surface area contributed by atoms with Crippen molar-refractivity contribution in [3.63, 3.8) is 0 Å². The van der Waals surface area contributed by atoms with E-state index in [1.807, 2.05) is 0 Å². The minimum atomic E-state index is -0.0705. The fourth-order valence-corrected chi connectivity index (χ4v) is 0.793. The number of hydrogen-bond acceptors (Lipinski definition) is 3. The van der Waals surface area contributed by atoms with Crippen LogP contribution in [0.15, 0.2) is 12.2 Å². The number of nitrogens with two attached hydrogens (primary N) is 1. The third-order valence-electron chi connectivity index (χ3n) is 1.52. The van der Waals surface area contributed by atoms with Gasteiger partial charge in [0.25, 0.3) is 0 Å². The minimum Gasteiger partial charge on any atom is -0.352 e. The van der Waals surface area contributed by atoms with Gasteiger partial charge in [-0.15, -0.1) is 0 Å². The zero-order valence-electron chi connectivity index (χ0n) is 8.23. The lowest BCUT2D eigenvalue weighted by atomic mass is 10.3. The summed E-state index contributed by atoms with van der Waals surface area (Å²) in [5.74, 6) is -0.0705. The third-order valence-corrected chi connectivity index (χ3v) is 1.52. The van der Waals surface area contributed by atoms with E-state index in [9.17, 15) is 4.79 Å². The van der Waals surface area contributed by atoms with Gasteiger partial charge in [0.2, 0.25) is 5.91 Å². The molecule has 0 atom stereocenters. The molecule has 0 unspecified atom stereocenters. The zero-order chi connectivity index (χ0) is 10.1. The second-order valence-electron chi connectivity index (χ2n) is 2.93. The average Bonchev–Trinajstić information content (AvgIpc) is 2.10. The Morgan fingerprint density at radius 2 is 2.08 bits per heavy atom. The van der Waals surface area contributed by atoms with E-state index < -0.39 is 0 Å². The van der Waals surface area contributed by atoms with Crippen LogP contribution in [-0.2, 0) is 4.79 Å². The van der Waals surface area contributed by atoms with Crippen molar-refractivity contribution in [2.45, 2.75) is 13.3 Å². The van der Waals surface area contributed by atoms with Crippen LogP contribution in [0.25, 0.3) is 0 Å². The summed E-state index contributed by atoms with van der Waals surface area (Å²) in [6, 6.07) is 0. The first-order valence-electron chi connectivity index (χ1n) is 4.53. The van der Waals surface area contributed by atoms with E-state index in [4.69, 9.17) is 5.73 Å². The first-order chi connectivity index (χ1) is 6.18. The average molecular weight is 185 g/mol. The van der Waals surface area contributed by atoms with Gasteiger partial charge in [0, 0.05) is 25.2 Å². The summed E-state index contributed by atoms with van der Waals surface area (Å²) in [5.41, 5.74) is 5.84. The van der Waals surface area contributed by atoms with Gasteiger partial charge in [-0.25, -0.2) is 0 Å². The fourth-order valence-electron chi connectivity index (χ4n) is 0.793. The molecule has 4 heteroatoms. The Morgan fingerprint density at radius 1 is 1.38 bits per heavy atom. The van der Waals surface area contributed by atoms with E-state index in [0.29, 0.717) is 18.7 Å². The van der Waals surface area contributed by atoms with Gasteiger partial charge in [-0.2, -0.15) is 0 Å². The number of carbonyl (C=O) groups is 1. The maximum absolute atomic E-state index is 11.0. The summed E-state index contributed by atoms with van der Waals surface area (Å²) in [4.78, 5) is 11.0. The Morgan fingerprint density at radius 3 is 2.62 bits per heavy atom. The Labute approximate surface area is 79.6 Å². The van der Waals surface area contributed by atoms with Crippen molar-refractivity contribution < 1.29 is 4.79 Å². The van der Waals surface area contributed by atoms with Gasteiger partial charge >= 0.3 is 0 Å². The molecule has 0 aliphatic carbocycles. The largest absolute Gasteiger partial charge is 0.352 e. The summed E-state index contributed by atoms with van der Waals surface area (Å²) >= 11 is 0. The van der Waals surface area contributed by atoms with Gasteiger partial charge in [-0.3, -0.25) is 4.79 Å². The monoisotopic (exact) mass is 185 g/mol. The van der Waals surface area contributed by atoms with E-state index in [1.165, 1.54) is 0 Å². The van der Waals surface area contributed by atoms with Crippen molar-refractivity contribution >= 4 is 5.91 Å². The van der Waals surface area contributed by atoms with E-state index in [-0.39, 0.29) is 5.91 Å². The SMILES string of the molecule is C=C(C)C(=O)NCCCNCCN. The molecule has 0 saturated heterocycles. The highest BCUT2D eigenvalue weighted by atomic mass is 16.1. The lowest BCUT2D eigenvalue weighted by Gasteiger charge is -2.04. The van der Waals surface area contributed by atoms with E-state index in [1.54, 1.807) is 6.92 Å². The second-order valence-corrected chi connectivity index (χ2v) is 2.93. The molecular weight excluding hydrogens is 166 g/mol. The summed E-state index contributed by atoms with van der Waals surface area (Å²) in [6.45, 7) is 8.28. The van der Waals surface area contributed by atoms with Gasteiger partial charge in [-0.1, -0.05) is 6.58 Å². The summed E-state index contributed by atoms with van der Waals surface area (Å²) in [5, 5.41) is 5.89. The van der Waals surface area contributed by atoms with Gasteiger partial charge in [0.15, 0.2) is 0 Å². The van der Waals surface area contributed by atoms with Crippen molar-refractivity contribution in [1.82, 2.24) is 10.6 Å². The Bertz CT molecular complexity index is 168. The highest BCUT2D eigenvalue weighted by Crippen LogP contribution is 1.85. The van der Waals surface area contributed by atoms with Gasteiger partial charge in [0.05, 0.1) is 0 Å². The molecule has 0 aliphatic rings. The van der Waals surface area contributed by atoms with Crippen molar-refractivity contribution in [2.24, 2.45) is 5.73 Å². The Kier molecular flexibility index (Phi) is 7.24. The van der Waals surface area contributed by atoms with Crippen molar-refractivity contribution in [3.8, 4) is 0 Å². The fraction of sp³-hybridized carbons (Fsp3) is 0.667. The molecular formula is C9H19N3O. The van der Waals surface area contributed by atoms with Gasteiger partial charge in [0.1, 0.15) is 0 Å². The molecule has 4 N–H and O–H groups in total. The van der Waals surface area contributed by atoms with E-state index in [0.717, 1.165) is 19.5 Å². The Balaban J connectivity index is 3.16. The first kappa shape index (κ1) is 12.1. The molecule has 0 fully saturated rings. The summed E-state index contributed by atoms with van der Waals surface area (Å²) in [6.07, 6.45) is 0.916. The number of nitrogens with one attached hydrogen (secondary N) is 2. The molecule has 0 bridgehead atoms. The van der Waals surface area contributed by atoms with Crippen LogP contribution < -0.4 is 16.4 Å². The lowest BCUT2D eigenvalue weighted by Crippen LogP contribution is -2.29. The van der Waals surface area contributed by atoms with E-state index >= 15 is 0 Å². The smallest absolute Gasteiger partial charge is 0.246 e. The molecule has 13 heavy (non-hydrogen) atoms. The first-order valence-corrected chi connectivity index (χ1v) is 4.53. The number of amides is 1. The molecule has 0 aromatic heterocycles. The van der Waals surface area contributed by atoms with Crippen LogP contribution in [-0.4, -0.2) is 32.1 Å². The summed E-state index contributed by atoms with van der Waals surface area (Å²) in [7, 11) is 0. The normalized spacial score (nSPS) is 9.69. The maximum Gasteiger partial charge on any atom is 0.246 e. The van der Waals surface area contributed by atoms with Crippen LogP contribution >= 0.6 is 0 Å². The summed E-state index contributed by atoms with van der Waals surface area (Å²) < 4.78 is 0. The van der Waals surface area contributed by atoms with Crippen LogP contribution in [0.2, 0.25) is 0 Å². The standard InChI is InChI=1S/C9H19N3O/c1-8(2)9(13)12-6-3-5-11-7-4-10/h11H,1,3-7,10H2,2H3,(H,12,13). The second kappa shape index (κ2) is 7.76. The molecule has 0 aromatic rings. The van der Waals surface area contributed by atoms with Crippen LogP contribution in [0.4, 0.5) is 0 Å². The molecule has 0 aromatic carbocycles. The van der Waals surface area contributed by atoms with Crippen molar-refractivity contribution in [3.05, 3.63) is 12.2 Å². The predicted molar refractivity (Wildman–Crippen MR) is 54.4 cm³/mol. The van der Waals surface area contributed by atoms with E-state index in [2.05, 4.69) is 17.2 Å². The number of carbonyl (C=O) groups excluding carboxylic acids is 1. The highest BCUT2D eigenvalue weighted by Gasteiger charge is 1.98. The zero-order valence-corrected chi connectivity index (χ0v) is 8.23. The van der Waals surface area contributed by atoms with Gasteiger partial charge < -0.3 is 16.4 Å². The highest BCUT2D eigenvalue weighted by molar-refractivity contribution is 5.91. The molecule has 0 spiro atoms. The quantitative estimate of drug-likeness (QED) is 0.374. The molecule has 0 rings (SSSR count). The third kappa shape index (κ3) is 7.49. The molecule has 0 radical (unpaired) electrons. The van der Waals surface area contributed by atoms with Crippen LogP contribution in [0.3, 0.4) is 0 Å². The number of hydrogen-bond donors (Lipinski definition) is 3. The van der Waals surface area contributed by atoms with Crippen LogP contribution in [0.5, 0.6) is 0 Å². The van der Waals surface area contributed by atoms with Crippen LogP contribution in [0.1, 0.15) is 13.3 Å². The molecule has 4 nitrogen and oxygen atoms in total. The lowest BCUT2D eigenvalue weighted by molar-refractivity contribution is -0.117. The molecule has 0 aliphatic heterocycles. The van der Waals surface area contributed by atoms with Crippen molar-refractivity contribution in [2.75, 3.05) is 26.2 Å². The maximum atomic E-state index is 11.0. The molecule has 0 saturated carbocycles. The molecule has 76 valence electrons. The van der Waals surface area contributed by atoms with Crippen molar-refractivity contribution in [1.29, 1.82) is 0 Å². The minimum absolute atomic E-state index is 0.0705.